The van der Waals surface area contributed by atoms with Crippen molar-refractivity contribution in [3.63, 3.8) is 0 Å². The molecule has 7 nitrogen and oxygen atoms in total. The van der Waals surface area contributed by atoms with Crippen LogP contribution in [-0.2, 0) is 29.0 Å². The van der Waals surface area contributed by atoms with Crippen molar-refractivity contribution in [3.8, 4) is 34.4 Å². The molecule has 0 saturated carbocycles. The zero-order valence-electron chi connectivity index (χ0n) is 20.4. The van der Waals surface area contributed by atoms with Gasteiger partial charge in [0.15, 0.2) is 5.82 Å². The summed E-state index contributed by atoms with van der Waals surface area (Å²) in [5, 5.41) is 4.60. The topological polar surface area (TPSA) is 71.3 Å². The number of rotatable bonds is 12. The number of pyridine rings is 1. The molecule has 0 aliphatic carbocycles. The quantitative estimate of drug-likeness (QED) is 0.209. The van der Waals surface area contributed by atoms with Gasteiger partial charge in [0.05, 0.1) is 25.7 Å². The van der Waals surface area contributed by atoms with Gasteiger partial charge in [0.2, 0.25) is 5.88 Å². The molecule has 0 saturated heterocycles. The second-order valence-corrected chi connectivity index (χ2v) is 10.5. The molecule has 0 amide bonds. The van der Waals surface area contributed by atoms with E-state index < -0.39 is 0 Å². The Morgan fingerprint density at radius 3 is 2.29 bits per heavy atom. The largest absolute Gasteiger partial charge is 0.473 e. The standard InChI is InChI=1S/C27H31N4O3S/c1-4-33-27-29-26(30-31(27)20-32-16-17-35(2)3)23-12-10-22(11-13-23)24-14-15-25(28-18-24)34-19-21-8-6-5-7-9-21/h5-15,18H,4,16-17,19-20H2,1-3H3/q+1. The first kappa shape index (κ1) is 24.8. The lowest BCUT2D eigenvalue weighted by Crippen LogP contribution is -2.13. The van der Waals surface area contributed by atoms with E-state index in [2.05, 4.69) is 27.6 Å². The number of benzene rings is 2. The SMILES string of the molecule is CCOc1nc(-c2ccc(-c3ccc(OCc4ccccc4)nc3)cc2)nn1COCC[S+](C)C. The summed E-state index contributed by atoms with van der Waals surface area (Å²) in [5.41, 5.74) is 4.09. The smallest absolute Gasteiger partial charge is 0.317 e. The molecule has 0 aliphatic heterocycles. The third kappa shape index (κ3) is 7.07. The molecule has 0 unspecified atom stereocenters. The van der Waals surface area contributed by atoms with Gasteiger partial charge in [-0.05, 0) is 35.0 Å². The molecule has 2 aromatic carbocycles. The molecule has 4 aromatic rings. The highest BCUT2D eigenvalue weighted by Gasteiger charge is 2.14. The average molecular weight is 492 g/mol. The van der Waals surface area contributed by atoms with Crippen LogP contribution in [-0.4, -0.2) is 51.2 Å². The minimum Gasteiger partial charge on any atom is -0.473 e. The Bertz CT molecular complexity index is 1180. The summed E-state index contributed by atoms with van der Waals surface area (Å²) in [5.74, 6) is 2.24. The second kappa shape index (κ2) is 12.4. The summed E-state index contributed by atoms with van der Waals surface area (Å²) < 4.78 is 18.9. The molecule has 0 radical (unpaired) electrons. The van der Waals surface area contributed by atoms with Gasteiger partial charge < -0.3 is 14.2 Å². The number of aromatic nitrogens is 4. The van der Waals surface area contributed by atoms with Crippen molar-refractivity contribution in [2.45, 2.75) is 20.3 Å². The van der Waals surface area contributed by atoms with Crippen molar-refractivity contribution in [2.75, 3.05) is 31.5 Å². The maximum atomic E-state index is 5.79. The van der Waals surface area contributed by atoms with Gasteiger partial charge in [0.1, 0.15) is 19.1 Å². The summed E-state index contributed by atoms with van der Waals surface area (Å²) in [4.78, 5) is 9.02. The highest BCUT2D eigenvalue weighted by Crippen LogP contribution is 2.25. The molecule has 0 bridgehead atoms. The van der Waals surface area contributed by atoms with E-state index in [-0.39, 0.29) is 0 Å². The van der Waals surface area contributed by atoms with Gasteiger partial charge in [-0.25, -0.2) is 4.98 Å². The van der Waals surface area contributed by atoms with Crippen LogP contribution in [0.1, 0.15) is 12.5 Å². The van der Waals surface area contributed by atoms with Crippen LogP contribution in [0.25, 0.3) is 22.5 Å². The molecule has 4 rings (SSSR count). The van der Waals surface area contributed by atoms with E-state index in [1.807, 2.05) is 79.9 Å². The number of hydrogen-bond donors (Lipinski definition) is 0. The average Bonchev–Trinajstić information content (AvgIpc) is 3.29. The molecule has 2 heterocycles. The number of ether oxygens (including phenoxy) is 3. The third-order valence-electron chi connectivity index (χ3n) is 5.20. The predicted molar refractivity (Wildman–Crippen MR) is 141 cm³/mol. The van der Waals surface area contributed by atoms with Gasteiger partial charge in [-0.2, -0.15) is 9.67 Å². The van der Waals surface area contributed by atoms with Crippen LogP contribution in [0.15, 0.2) is 72.9 Å². The molecular formula is C27H31N4O3S+. The summed E-state index contributed by atoms with van der Waals surface area (Å²) in [6, 6.07) is 22.5. The number of hydrogen-bond acceptors (Lipinski definition) is 6. The zero-order chi connectivity index (χ0) is 24.5. The summed E-state index contributed by atoms with van der Waals surface area (Å²) >= 11 is 0. The fourth-order valence-electron chi connectivity index (χ4n) is 3.33. The van der Waals surface area contributed by atoms with Crippen molar-refractivity contribution in [1.29, 1.82) is 0 Å². The minimum atomic E-state index is 0.321. The molecule has 0 spiro atoms. The number of nitrogens with zero attached hydrogens (tertiary/aromatic N) is 4. The van der Waals surface area contributed by atoms with E-state index >= 15 is 0 Å². The molecule has 0 N–H and O–H groups in total. The van der Waals surface area contributed by atoms with Crippen LogP contribution in [0.5, 0.6) is 11.9 Å². The van der Waals surface area contributed by atoms with E-state index in [0.29, 0.717) is 55.2 Å². The molecule has 0 aliphatic rings. The van der Waals surface area contributed by atoms with Gasteiger partial charge in [-0.1, -0.05) is 54.6 Å². The van der Waals surface area contributed by atoms with Crippen molar-refractivity contribution in [1.82, 2.24) is 19.7 Å². The van der Waals surface area contributed by atoms with E-state index in [0.717, 1.165) is 28.0 Å². The minimum absolute atomic E-state index is 0.321. The fraction of sp³-hybridized carbons (Fsp3) is 0.296. The van der Waals surface area contributed by atoms with E-state index in [4.69, 9.17) is 14.2 Å². The van der Waals surface area contributed by atoms with Gasteiger partial charge >= 0.3 is 6.01 Å². The maximum Gasteiger partial charge on any atom is 0.317 e. The molecule has 2 aromatic heterocycles. The normalized spacial score (nSPS) is 11.1. The molecule has 35 heavy (non-hydrogen) atoms. The molecule has 8 heteroatoms. The second-order valence-electron chi connectivity index (χ2n) is 8.11. The molecule has 182 valence electrons. The van der Waals surface area contributed by atoms with Crippen LogP contribution in [0.2, 0.25) is 0 Å². The Balaban J connectivity index is 1.40. The molecular weight excluding hydrogens is 460 g/mol. The van der Waals surface area contributed by atoms with Gasteiger partial charge in [-0.15, -0.1) is 5.10 Å². The summed E-state index contributed by atoms with van der Waals surface area (Å²) in [6.45, 7) is 3.95. The van der Waals surface area contributed by atoms with Crippen LogP contribution >= 0.6 is 0 Å². The van der Waals surface area contributed by atoms with Gasteiger partial charge in [0, 0.05) is 23.4 Å². The van der Waals surface area contributed by atoms with Crippen molar-refractivity contribution in [3.05, 3.63) is 78.5 Å². The van der Waals surface area contributed by atoms with Crippen LogP contribution in [0.3, 0.4) is 0 Å². The third-order valence-corrected chi connectivity index (χ3v) is 6.19. The Hall–Kier alpha value is -3.36. The van der Waals surface area contributed by atoms with Crippen molar-refractivity contribution < 1.29 is 14.2 Å². The van der Waals surface area contributed by atoms with Gasteiger partial charge in [-0.3, -0.25) is 0 Å². The first-order chi connectivity index (χ1) is 17.1. The Morgan fingerprint density at radius 1 is 0.857 bits per heavy atom. The monoisotopic (exact) mass is 491 g/mol. The van der Waals surface area contributed by atoms with Crippen molar-refractivity contribution in [2.24, 2.45) is 0 Å². The fourth-order valence-corrected chi connectivity index (χ4v) is 3.78. The summed E-state index contributed by atoms with van der Waals surface area (Å²) in [6.07, 6.45) is 6.23. The first-order valence-corrected chi connectivity index (χ1v) is 13.8. The molecule has 0 atom stereocenters. The zero-order valence-corrected chi connectivity index (χ0v) is 21.2. The van der Waals surface area contributed by atoms with Gasteiger partial charge in [0.25, 0.3) is 0 Å². The van der Waals surface area contributed by atoms with Crippen LogP contribution in [0, 0.1) is 0 Å². The van der Waals surface area contributed by atoms with Crippen LogP contribution < -0.4 is 9.47 Å². The van der Waals surface area contributed by atoms with E-state index in [1.165, 1.54) is 0 Å². The highest BCUT2D eigenvalue weighted by molar-refractivity contribution is 7.95. The highest BCUT2D eigenvalue weighted by atomic mass is 32.2. The van der Waals surface area contributed by atoms with E-state index in [9.17, 15) is 0 Å². The lowest BCUT2D eigenvalue weighted by atomic mass is 10.1. The Labute approximate surface area is 209 Å². The summed E-state index contributed by atoms with van der Waals surface area (Å²) in [7, 11) is 0.351. The van der Waals surface area contributed by atoms with E-state index in [1.54, 1.807) is 4.68 Å². The Kier molecular flexibility index (Phi) is 8.75. The van der Waals surface area contributed by atoms with Crippen LogP contribution in [0.4, 0.5) is 0 Å². The Morgan fingerprint density at radius 2 is 1.60 bits per heavy atom. The lowest BCUT2D eigenvalue weighted by Gasteiger charge is -2.07. The van der Waals surface area contributed by atoms with Crippen molar-refractivity contribution >= 4 is 10.9 Å². The maximum absolute atomic E-state index is 5.79. The lowest BCUT2D eigenvalue weighted by molar-refractivity contribution is 0.0722. The first-order valence-electron chi connectivity index (χ1n) is 11.6. The molecule has 0 fully saturated rings. The predicted octanol–water partition coefficient (Wildman–Crippen LogP) is 4.84.